The van der Waals surface area contributed by atoms with Crippen LogP contribution in [0.25, 0.3) is 10.9 Å². The van der Waals surface area contributed by atoms with E-state index < -0.39 is 54.5 Å². The maximum Gasteiger partial charge on any atom is 0.326 e. The van der Waals surface area contributed by atoms with Gasteiger partial charge in [-0.05, 0) is 24.5 Å². The van der Waals surface area contributed by atoms with Crippen molar-refractivity contribution >= 4 is 40.6 Å². The van der Waals surface area contributed by atoms with Crippen molar-refractivity contribution in [3.63, 3.8) is 0 Å². The van der Waals surface area contributed by atoms with E-state index in [1.807, 2.05) is 24.3 Å². The number of carboxylic acid groups (broad SMARTS) is 1. The molecule has 3 amide bonds. The molecule has 2 heterocycles. The zero-order valence-corrected chi connectivity index (χ0v) is 22.7. The number of aliphatic hydroxyl groups excluding tert-OH is 1. The number of imidazole rings is 1. The first-order valence-corrected chi connectivity index (χ1v) is 13.2. The molecule has 0 saturated carbocycles. The van der Waals surface area contributed by atoms with Gasteiger partial charge in [-0.3, -0.25) is 19.4 Å². The Morgan fingerprint density at radius 3 is 2.31 bits per heavy atom. The molecule has 16 heteroatoms. The minimum atomic E-state index is -1.50. The van der Waals surface area contributed by atoms with Crippen LogP contribution in [0.1, 0.15) is 24.1 Å². The van der Waals surface area contributed by atoms with Crippen LogP contribution < -0.4 is 33.2 Å². The monoisotopic (exact) mass is 584 g/mol. The van der Waals surface area contributed by atoms with Gasteiger partial charge in [-0.25, -0.2) is 9.78 Å². The molecular weight excluding hydrogens is 548 g/mol. The number of fused-ring (bicyclic) bond motifs is 1. The predicted molar refractivity (Wildman–Crippen MR) is 153 cm³/mol. The molecule has 4 unspecified atom stereocenters. The highest BCUT2D eigenvalue weighted by molar-refractivity contribution is 5.95. The van der Waals surface area contributed by atoms with Gasteiger partial charge in [-0.15, -0.1) is 0 Å². The lowest BCUT2D eigenvalue weighted by atomic mass is 10.0. The molecule has 0 aliphatic carbocycles. The van der Waals surface area contributed by atoms with E-state index in [9.17, 15) is 29.4 Å². The first-order valence-electron chi connectivity index (χ1n) is 13.2. The number of benzene rings is 1. The van der Waals surface area contributed by atoms with Crippen molar-refractivity contribution in [2.24, 2.45) is 22.2 Å². The van der Waals surface area contributed by atoms with Crippen LogP contribution in [-0.4, -0.2) is 92.1 Å². The predicted octanol–water partition coefficient (Wildman–Crippen LogP) is -2.41. The maximum atomic E-state index is 13.4. The van der Waals surface area contributed by atoms with Gasteiger partial charge in [0.25, 0.3) is 0 Å². The van der Waals surface area contributed by atoms with Crippen LogP contribution >= 0.6 is 0 Å². The summed E-state index contributed by atoms with van der Waals surface area (Å²) in [4.78, 5) is 64.5. The molecule has 226 valence electrons. The van der Waals surface area contributed by atoms with Gasteiger partial charge in [0.2, 0.25) is 17.7 Å². The van der Waals surface area contributed by atoms with E-state index in [1.165, 1.54) is 12.5 Å². The van der Waals surface area contributed by atoms with E-state index in [0.717, 1.165) is 10.9 Å². The number of para-hydroxylation sites is 1. The van der Waals surface area contributed by atoms with Gasteiger partial charge in [0.1, 0.15) is 18.1 Å². The van der Waals surface area contributed by atoms with Crippen molar-refractivity contribution in [2.45, 2.75) is 49.9 Å². The summed E-state index contributed by atoms with van der Waals surface area (Å²) >= 11 is 0. The summed E-state index contributed by atoms with van der Waals surface area (Å²) in [7, 11) is 0. The van der Waals surface area contributed by atoms with Gasteiger partial charge in [-0.2, -0.15) is 0 Å². The van der Waals surface area contributed by atoms with E-state index in [1.54, 1.807) is 6.20 Å². The van der Waals surface area contributed by atoms with Crippen LogP contribution in [0, 0.1) is 0 Å². The molecular formula is C26H36N10O6. The lowest BCUT2D eigenvalue weighted by Gasteiger charge is -2.24. The molecule has 0 fully saturated rings. The number of amides is 3. The van der Waals surface area contributed by atoms with Gasteiger partial charge in [0.15, 0.2) is 5.96 Å². The minimum absolute atomic E-state index is 0.00257. The van der Waals surface area contributed by atoms with Gasteiger partial charge in [0, 0.05) is 48.4 Å². The fourth-order valence-electron chi connectivity index (χ4n) is 4.23. The first kappa shape index (κ1) is 31.6. The second kappa shape index (κ2) is 15.2. The number of nitrogens with two attached hydrogens (primary N) is 3. The largest absolute Gasteiger partial charge is 0.480 e. The van der Waals surface area contributed by atoms with E-state index in [2.05, 4.69) is 35.9 Å². The zero-order chi connectivity index (χ0) is 30.6. The number of aromatic amines is 2. The normalized spacial score (nSPS) is 13.9. The molecule has 13 N–H and O–H groups in total. The Morgan fingerprint density at radius 2 is 1.64 bits per heavy atom. The third kappa shape index (κ3) is 9.03. The van der Waals surface area contributed by atoms with Crippen LogP contribution in [0.4, 0.5) is 0 Å². The summed E-state index contributed by atoms with van der Waals surface area (Å²) in [6, 6.07) is 2.35. The van der Waals surface area contributed by atoms with E-state index >= 15 is 0 Å². The number of guanidine groups is 1. The fraction of sp³-hybridized carbons (Fsp3) is 0.385. The number of aliphatic hydroxyl groups is 1. The summed E-state index contributed by atoms with van der Waals surface area (Å²) < 4.78 is 0. The first-order chi connectivity index (χ1) is 20.1. The fourth-order valence-corrected chi connectivity index (χ4v) is 4.23. The number of nitrogens with one attached hydrogen (secondary N) is 5. The molecule has 0 aliphatic rings. The Morgan fingerprint density at radius 1 is 0.952 bits per heavy atom. The number of carboxylic acids is 1. The molecule has 3 rings (SSSR count). The number of hydrogen-bond acceptors (Lipinski definition) is 8. The number of aliphatic carboxylic acids is 1. The second-order valence-corrected chi connectivity index (χ2v) is 9.60. The van der Waals surface area contributed by atoms with Crippen molar-refractivity contribution in [1.29, 1.82) is 0 Å². The topological polar surface area (TPSA) is 280 Å². The number of aromatic nitrogens is 3. The standard InChI is InChI=1S/C26H36N10O6/c27-17(9-15-11-30-13-33-15)22(38)35-20(8-14-10-32-18-5-2-1-4-16(14)18)23(39)36-21(12-37)24(40)34-19(25(41)42)6-3-7-31-26(28)29/h1-2,4-5,10-11,13,17,19-21,32,37H,3,6-9,12,27H2,(H,30,33)(H,34,40)(H,35,38)(H,36,39)(H,41,42)(H4,28,29,31). The molecule has 2 aromatic heterocycles. The second-order valence-electron chi connectivity index (χ2n) is 9.60. The van der Waals surface area contributed by atoms with Crippen LogP contribution in [0.2, 0.25) is 0 Å². The molecule has 0 saturated heterocycles. The molecule has 0 bridgehead atoms. The molecule has 16 nitrogen and oxygen atoms in total. The third-order valence-corrected chi connectivity index (χ3v) is 6.44. The molecule has 0 spiro atoms. The molecule has 42 heavy (non-hydrogen) atoms. The van der Waals surface area contributed by atoms with E-state index in [0.29, 0.717) is 11.3 Å². The average Bonchev–Trinajstić information content (AvgIpc) is 3.62. The lowest BCUT2D eigenvalue weighted by Crippen LogP contribution is -2.58. The van der Waals surface area contributed by atoms with Crippen molar-refractivity contribution in [3.05, 3.63) is 54.2 Å². The summed E-state index contributed by atoms with van der Waals surface area (Å²) in [5.41, 5.74) is 18.7. The van der Waals surface area contributed by atoms with Crippen molar-refractivity contribution in [1.82, 2.24) is 30.9 Å². The van der Waals surface area contributed by atoms with Gasteiger partial charge in [0.05, 0.1) is 19.0 Å². The van der Waals surface area contributed by atoms with Crippen molar-refractivity contribution < 1.29 is 29.4 Å². The number of aliphatic imine (C=N–C) groups is 1. The molecule has 1 aromatic carbocycles. The van der Waals surface area contributed by atoms with Crippen LogP contribution in [0.3, 0.4) is 0 Å². The van der Waals surface area contributed by atoms with E-state index in [4.69, 9.17) is 17.2 Å². The highest BCUT2D eigenvalue weighted by Crippen LogP contribution is 2.19. The lowest BCUT2D eigenvalue weighted by molar-refractivity contribution is -0.142. The number of rotatable bonds is 16. The summed E-state index contributed by atoms with van der Waals surface area (Å²) in [5.74, 6) is -3.79. The molecule has 0 radical (unpaired) electrons. The van der Waals surface area contributed by atoms with Crippen molar-refractivity contribution in [3.8, 4) is 0 Å². The SMILES string of the molecule is NC(N)=NCCCC(NC(=O)C(CO)NC(=O)C(Cc1c[nH]c2ccccc12)NC(=O)C(N)Cc1cnc[nH]1)C(=O)O. The van der Waals surface area contributed by atoms with Crippen LogP contribution in [0.15, 0.2) is 48.0 Å². The number of carbonyl (C=O) groups excluding carboxylic acids is 3. The number of carbonyl (C=O) groups is 4. The molecule has 4 atom stereocenters. The quantitative estimate of drug-likeness (QED) is 0.0483. The maximum absolute atomic E-state index is 13.4. The van der Waals surface area contributed by atoms with Gasteiger partial charge < -0.3 is 53.3 Å². The number of H-pyrrole nitrogens is 2. The van der Waals surface area contributed by atoms with Gasteiger partial charge >= 0.3 is 5.97 Å². The Labute approximate surface area is 240 Å². The highest BCUT2D eigenvalue weighted by atomic mass is 16.4. The van der Waals surface area contributed by atoms with Gasteiger partial charge in [-0.1, -0.05) is 18.2 Å². The highest BCUT2D eigenvalue weighted by Gasteiger charge is 2.30. The Balaban J connectivity index is 1.73. The summed E-state index contributed by atoms with van der Waals surface area (Å²) in [5, 5.41) is 27.6. The van der Waals surface area contributed by atoms with E-state index in [-0.39, 0.29) is 38.2 Å². The zero-order valence-electron chi connectivity index (χ0n) is 22.7. The minimum Gasteiger partial charge on any atom is -0.480 e. The smallest absolute Gasteiger partial charge is 0.326 e. The number of nitrogens with zero attached hydrogens (tertiary/aromatic N) is 2. The number of hydrogen-bond donors (Lipinski definition) is 10. The van der Waals surface area contributed by atoms with Crippen LogP contribution in [-0.2, 0) is 32.0 Å². The Hall–Kier alpha value is -4.96. The summed E-state index contributed by atoms with van der Waals surface area (Å²) in [6.45, 7) is -0.676. The Bertz CT molecular complexity index is 1390. The van der Waals surface area contributed by atoms with Crippen LogP contribution in [0.5, 0.6) is 0 Å². The average molecular weight is 585 g/mol. The molecule has 0 aliphatic heterocycles. The summed E-state index contributed by atoms with van der Waals surface area (Å²) in [6.07, 6.45) is 5.10. The Kier molecular flexibility index (Phi) is 11.4. The molecule has 3 aromatic rings. The third-order valence-electron chi connectivity index (χ3n) is 6.44. The van der Waals surface area contributed by atoms with Crippen molar-refractivity contribution in [2.75, 3.05) is 13.2 Å².